The third kappa shape index (κ3) is 2.96. The van der Waals surface area contributed by atoms with Crippen LogP contribution in [0.4, 0.5) is 0 Å². The van der Waals surface area contributed by atoms with Gasteiger partial charge in [-0.2, -0.15) is 0 Å². The lowest BCUT2D eigenvalue weighted by Crippen LogP contribution is -2.05. The molecule has 0 aromatic heterocycles. The molecule has 0 fully saturated rings. The van der Waals surface area contributed by atoms with E-state index in [4.69, 9.17) is 4.74 Å². The van der Waals surface area contributed by atoms with Gasteiger partial charge in [-0.25, -0.2) is 0 Å². The first kappa shape index (κ1) is 10.9. The molecule has 16 heavy (non-hydrogen) atoms. The minimum absolute atomic E-state index is 0.768. The second-order valence-electron chi connectivity index (χ2n) is 3.96. The van der Waals surface area contributed by atoms with Crippen molar-refractivity contribution in [2.24, 2.45) is 4.99 Å². The number of nitrogens with zero attached hydrogens (tertiary/aromatic N) is 1. The topological polar surface area (TPSA) is 21.6 Å². The number of methoxy groups -OCH3 is 1. The molecular formula is C14H17NO. The van der Waals surface area contributed by atoms with Gasteiger partial charge in [0, 0.05) is 12.1 Å². The summed E-state index contributed by atoms with van der Waals surface area (Å²) < 4.78 is 5.25. The van der Waals surface area contributed by atoms with Gasteiger partial charge in [0.05, 0.1) is 19.4 Å². The van der Waals surface area contributed by atoms with Crippen molar-refractivity contribution < 1.29 is 4.74 Å². The fourth-order valence-electron chi connectivity index (χ4n) is 1.84. The quantitative estimate of drug-likeness (QED) is 0.757. The van der Waals surface area contributed by atoms with Crippen LogP contribution in [0, 0.1) is 0 Å². The Hall–Kier alpha value is -1.57. The van der Waals surface area contributed by atoms with Crippen LogP contribution >= 0.6 is 0 Å². The van der Waals surface area contributed by atoms with Crippen LogP contribution in [0.3, 0.4) is 0 Å². The number of ether oxygens (including phenoxy) is 1. The molecule has 0 saturated carbocycles. The minimum atomic E-state index is 0.768. The predicted molar refractivity (Wildman–Crippen MR) is 66.5 cm³/mol. The standard InChI is InChI=1S/C14H17NO/c1-16-14-9-5-8-13(10-14)15-11-12-6-3-2-4-7-12/h2-4,6-7,10H,5,8-9,11H2,1H3. The first-order valence-corrected chi connectivity index (χ1v) is 5.70. The number of aliphatic imine (C=N–C) groups is 1. The van der Waals surface area contributed by atoms with Crippen molar-refractivity contribution in [3.8, 4) is 0 Å². The van der Waals surface area contributed by atoms with Crippen LogP contribution < -0.4 is 0 Å². The molecule has 84 valence electrons. The normalized spacial score (nSPS) is 18.3. The van der Waals surface area contributed by atoms with Crippen LogP contribution in [-0.4, -0.2) is 12.8 Å². The van der Waals surface area contributed by atoms with E-state index in [0.29, 0.717) is 0 Å². The Balaban J connectivity index is 2.02. The van der Waals surface area contributed by atoms with Crippen molar-refractivity contribution in [1.82, 2.24) is 0 Å². The van der Waals surface area contributed by atoms with Crippen molar-refractivity contribution >= 4 is 5.71 Å². The molecular weight excluding hydrogens is 198 g/mol. The largest absolute Gasteiger partial charge is 0.501 e. The van der Waals surface area contributed by atoms with Crippen molar-refractivity contribution in [3.63, 3.8) is 0 Å². The Labute approximate surface area is 96.7 Å². The van der Waals surface area contributed by atoms with E-state index in [9.17, 15) is 0 Å². The Kier molecular flexibility index (Phi) is 3.76. The van der Waals surface area contributed by atoms with Gasteiger partial charge < -0.3 is 4.74 Å². The summed E-state index contributed by atoms with van der Waals surface area (Å²) in [5, 5.41) is 0. The van der Waals surface area contributed by atoms with Gasteiger partial charge in [-0.05, 0) is 24.5 Å². The highest BCUT2D eigenvalue weighted by atomic mass is 16.5. The first-order valence-electron chi connectivity index (χ1n) is 5.70. The van der Waals surface area contributed by atoms with Crippen LogP contribution in [0.2, 0.25) is 0 Å². The van der Waals surface area contributed by atoms with E-state index in [1.165, 1.54) is 5.56 Å². The first-order chi connectivity index (χ1) is 7.88. The fraction of sp³-hybridized carbons (Fsp3) is 0.357. The molecule has 0 unspecified atom stereocenters. The van der Waals surface area contributed by atoms with Gasteiger partial charge in [0.25, 0.3) is 0 Å². The van der Waals surface area contributed by atoms with Crippen molar-refractivity contribution in [3.05, 3.63) is 47.7 Å². The lowest BCUT2D eigenvalue weighted by molar-refractivity contribution is 0.274. The van der Waals surface area contributed by atoms with Gasteiger partial charge in [0.15, 0.2) is 0 Å². The third-order valence-corrected chi connectivity index (χ3v) is 2.75. The fourth-order valence-corrected chi connectivity index (χ4v) is 1.84. The summed E-state index contributed by atoms with van der Waals surface area (Å²) in [4.78, 5) is 4.61. The lowest BCUT2D eigenvalue weighted by Gasteiger charge is -2.13. The highest BCUT2D eigenvalue weighted by Crippen LogP contribution is 2.16. The van der Waals surface area contributed by atoms with Crippen molar-refractivity contribution in [2.45, 2.75) is 25.8 Å². The van der Waals surface area contributed by atoms with Crippen LogP contribution in [0.25, 0.3) is 0 Å². The van der Waals surface area contributed by atoms with E-state index < -0.39 is 0 Å². The molecule has 0 radical (unpaired) electrons. The lowest BCUT2D eigenvalue weighted by atomic mass is 10.0. The maximum Gasteiger partial charge on any atom is 0.0973 e. The highest BCUT2D eigenvalue weighted by Gasteiger charge is 2.07. The van der Waals surface area contributed by atoms with Crippen LogP contribution in [-0.2, 0) is 11.3 Å². The summed E-state index contributed by atoms with van der Waals surface area (Å²) in [5.74, 6) is 1.05. The van der Waals surface area contributed by atoms with E-state index in [0.717, 1.165) is 37.3 Å². The third-order valence-electron chi connectivity index (χ3n) is 2.75. The van der Waals surface area contributed by atoms with Crippen LogP contribution in [0.5, 0.6) is 0 Å². The van der Waals surface area contributed by atoms with Gasteiger partial charge in [-0.1, -0.05) is 30.3 Å². The number of allylic oxidation sites excluding steroid dienone is 2. The van der Waals surface area contributed by atoms with Crippen LogP contribution in [0.1, 0.15) is 24.8 Å². The zero-order valence-electron chi connectivity index (χ0n) is 9.65. The van der Waals surface area contributed by atoms with Crippen molar-refractivity contribution in [1.29, 1.82) is 0 Å². The summed E-state index contributed by atoms with van der Waals surface area (Å²) >= 11 is 0. The minimum Gasteiger partial charge on any atom is -0.501 e. The highest BCUT2D eigenvalue weighted by molar-refractivity contribution is 5.96. The average molecular weight is 215 g/mol. The van der Waals surface area contributed by atoms with Crippen molar-refractivity contribution in [2.75, 3.05) is 7.11 Å². The summed E-state index contributed by atoms with van der Waals surface area (Å²) in [6.45, 7) is 0.768. The van der Waals surface area contributed by atoms with E-state index in [1.807, 2.05) is 18.2 Å². The average Bonchev–Trinajstić information content (AvgIpc) is 2.38. The SMILES string of the molecule is COC1=CC(=NCc2ccccc2)CCC1. The Bertz CT molecular complexity index is 392. The maximum absolute atomic E-state index is 5.25. The molecule has 0 N–H and O–H groups in total. The molecule has 2 rings (SSSR count). The molecule has 1 aromatic carbocycles. The molecule has 0 spiro atoms. The molecule has 1 aliphatic rings. The van der Waals surface area contributed by atoms with E-state index in [1.54, 1.807) is 7.11 Å². The monoisotopic (exact) mass is 215 g/mol. The summed E-state index contributed by atoms with van der Waals surface area (Å²) in [7, 11) is 1.73. The molecule has 1 aromatic rings. The number of benzene rings is 1. The van der Waals surface area contributed by atoms with Gasteiger partial charge in [0.1, 0.15) is 0 Å². The Morgan fingerprint density at radius 3 is 2.75 bits per heavy atom. The van der Waals surface area contributed by atoms with Gasteiger partial charge in [0.2, 0.25) is 0 Å². The summed E-state index contributed by atoms with van der Waals surface area (Å²) in [6, 6.07) is 10.3. The number of hydrogen-bond acceptors (Lipinski definition) is 2. The predicted octanol–water partition coefficient (Wildman–Crippen LogP) is 3.34. The molecule has 2 heteroatoms. The molecule has 1 aliphatic carbocycles. The molecule has 0 heterocycles. The summed E-state index contributed by atoms with van der Waals surface area (Å²) in [6.07, 6.45) is 5.33. The van der Waals surface area contributed by atoms with E-state index >= 15 is 0 Å². The van der Waals surface area contributed by atoms with Crippen LogP contribution in [0.15, 0.2) is 47.2 Å². The molecule has 2 nitrogen and oxygen atoms in total. The second-order valence-corrected chi connectivity index (χ2v) is 3.96. The Morgan fingerprint density at radius 1 is 1.19 bits per heavy atom. The van der Waals surface area contributed by atoms with E-state index in [2.05, 4.69) is 23.2 Å². The molecule has 0 bridgehead atoms. The smallest absolute Gasteiger partial charge is 0.0973 e. The zero-order chi connectivity index (χ0) is 11.2. The van der Waals surface area contributed by atoms with Gasteiger partial charge >= 0.3 is 0 Å². The molecule has 0 aliphatic heterocycles. The zero-order valence-corrected chi connectivity index (χ0v) is 9.65. The Morgan fingerprint density at radius 2 is 2.00 bits per heavy atom. The molecule has 0 saturated heterocycles. The van der Waals surface area contributed by atoms with E-state index in [-0.39, 0.29) is 0 Å². The molecule has 0 amide bonds. The molecule has 0 atom stereocenters. The second kappa shape index (κ2) is 5.50. The number of hydrogen-bond donors (Lipinski definition) is 0. The summed E-state index contributed by atoms with van der Waals surface area (Å²) in [5.41, 5.74) is 2.42. The maximum atomic E-state index is 5.25. The number of rotatable bonds is 3. The van der Waals surface area contributed by atoms with Gasteiger partial charge in [-0.3, -0.25) is 4.99 Å². The van der Waals surface area contributed by atoms with Gasteiger partial charge in [-0.15, -0.1) is 0 Å².